The third kappa shape index (κ3) is 7.21. The second kappa shape index (κ2) is 14.5. The van der Waals surface area contributed by atoms with Crippen LogP contribution in [0.3, 0.4) is 0 Å². The number of ether oxygens (including phenoxy) is 1. The van der Waals surface area contributed by atoms with Gasteiger partial charge >= 0.3 is 0 Å². The minimum Gasteiger partial charge on any atom is -0.504 e. The average molecular weight is 576 g/mol. The Morgan fingerprint density at radius 1 is 1.12 bits per heavy atom. The van der Waals surface area contributed by atoms with E-state index in [1.807, 2.05) is 30.5 Å². The Balaban J connectivity index is 1.61. The van der Waals surface area contributed by atoms with Crippen LogP contribution in [0.15, 0.2) is 42.7 Å². The number of aromatic hydroxyl groups is 1. The number of rotatable bonds is 16. The number of hydrogen-bond donors (Lipinski definition) is 4. The maximum absolute atomic E-state index is 12.7. The zero-order valence-corrected chi connectivity index (χ0v) is 25.0. The first-order chi connectivity index (χ1) is 20.3. The van der Waals surface area contributed by atoms with Crippen LogP contribution in [0.2, 0.25) is 0 Å². The van der Waals surface area contributed by atoms with E-state index in [9.17, 15) is 19.8 Å². The van der Waals surface area contributed by atoms with Crippen LogP contribution in [0.4, 0.5) is 5.82 Å². The SMILES string of the molecule is CCCCCCCC(=O)CC(=O)CCc1cc(OC)c(O)c([C@@H]2c3ccnc(N)c3CC[C@@]2(CO)Cc2ccc[nH]2)c1. The maximum atomic E-state index is 12.7. The fraction of sp³-hybridized carbons (Fsp3) is 0.500. The number of phenolic OH excluding ortho intramolecular Hbond substituents is 1. The van der Waals surface area contributed by atoms with E-state index in [1.54, 1.807) is 12.3 Å². The number of nitrogen functional groups attached to an aromatic ring is 1. The Bertz CT molecular complexity index is 1350. The Labute approximate surface area is 248 Å². The van der Waals surface area contributed by atoms with Gasteiger partial charge in [0.2, 0.25) is 0 Å². The lowest BCUT2D eigenvalue weighted by Crippen LogP contribution is -2.40. The fourth-order valence-electron chi connectivity index (χ4n) is 6.50. The van der Waals surface area contributed by atoms with Crippen LogP contribution in [0, 0.1) is 5.41 Å². The normalized spacial score (nSPS) is 18.0. The van der Waals surface area contributed by atoms with Gasteiger partial charge in [-0.3, -0.25) is 9.59 Å². The molecule has 0 aliphatic heterocycles. The number of benzene rings is 1. The highest BCUT2D eigenvalue weighted by atomic mass is 16.5. The topological polar surface area (TPSA) is 139 Å². The molecule has 0 amide bonds. The highest BCUT2D eigenvalue weighted by Crippen LogP contribution is 2.54. The molecule has 0 spiro atoms. The summed E-state index contributed by atoms with van der Waals surface area (Å²) in [5, 5.41) is 22.4. The van der Waals surface area contributed by atoms with Crippen LogP contribution in [-0.2, 0) is 28.9 Å². The monoisotopic (exact) mass is 575 g/mol. The lowest BCUT2D eigenvalue weighted by atomic mass is 9.60. The number of Topliss-reactive ketones (excluding diaryl/α,β-unsaturated/α-hetero) is 2. The van der Waals surface area contributed by atoms with E-state index >= 15 is 0 Å². The second-order valence-corrected chi connectivity index (χ2v) is 11.7. The third-order valence-corrected chi connectivity index (χ3v) is 8.78. The predicted molar refractivity (Wildman–Crippen MR) is 164 cm³/mol. The van der Waals surface area contributed by atoms with Crippen molar-refractivity contribution in [1.29, 1.82) is 0 Å². The van der Waals surface area contributed by atoms with Crippen molar-refractivity contribution in [3.63, 3.8) is 0 Å². The van der Waals surface area contributed by atoms with Gasteiger partial charge in [-0.2, -0.15) is 0 Å². The van der Waals surface area contributed by atoms with Gasteiger partial charge in [0.1, 0.15) is 17.4 Å². The minimum atomic E-state index is -0.633. The smallest absolute Gasteiger partial charge is 0.161 e. The van der Waals surface area contributed by atoms with Crippen LogP contribution >= 0.6 is 0 Å². The first kappa shape index (κ1) is 31.3. The first-order valence-electron chi connectivity index (χ1n) is 15.2. The van der Waals surface area contributed by atoms with Crippen molar-refractivity contribution in [1.82, 2.24) is 9.97 Å². The van der Waals surface area contributed by atoms with E-state index in [-0.39, 0.29) is 36.8 Å². The molecule has 3 aromatic rings. The number of nitrogens with two attached hydrogens (primary N) is 1. The molecule has 1 aliphatic rings. The largest absolute Gasteiger partial charge is 0.504 e. The van der Waals surface area contributed by atoms with E-state index in [2.05, 4.69) is 16.9 Å². The van der Waals surface area contributed by atoms with Gasteiger partial charge in [0.05, 0.1) is 13.5 Å². The molecule has 226 valence electrons. The molecule has 2 heterocycles. The number of nitrogens with one attached hydrogen (secondary N) is 1. The number of phenols is 1. The molecule has 4 rings (SSSR count). The number of H-pyrrole nitrogens is 1. The molecule has 0 unspecified atom stereocenters. The summed E-state index contributed by atoms with van der Waals surface area (Å²) in [4.78, 5) is 32.7. The summed E-state index contributed by atoms with van der Waals surface area (Å²) >= 11 is 0. The van der Waals surface area contributed by atoms with Gasteiger partial charge in [-0.15, -0.1) is 0 Å². The molecule has 2 aromatic heterocycles. The molecule has 0 bridgehead atoms. The van der Waals surface area contributed by atoms with E-state index in [0.29, 0.717) is 49.2 Å². The third-order valence-electron chi connectivity index (χ3n) is 8.78. The summed E-state index contributed by atoms with van der Waals surface area (Å²) in [6, 6.07) is 9.52. The van der Waals surface area contributed by atoms with Crippen molar-refractivity contribution in [2.45, 2.75) is 89.9 Å². The van der Waals surface area contributed by atoms with Crippen molar-refractivity contribution >= 4 is 17.4 Å². The summed E-state index contributed by atoms with van der Waals surface area (Å²) in [5.74, 6) is 0.274. The molecule has 42 heavy (non-hydrogen) atoms. The predicted octanol–water partition coefficient (Wildman–Crippen LogP) is 5.83. The standard InChI is InChI=1S/C34H45N3O5/c1-3-4-5-6-7-10-25(39)20-26(40)12-11-23-18-29(32(41)30(19-23)42-2)31-27-14-17-37-33(35)28(27)13-15-34(31,22-38)21-24-9-8-16-36-24/h8-9,14,16-19,31,36,38,41H,3-7,10-13,15,20-22H2,1-2H3,(H2,35,37)/t31-,34-/m0/s1. The summed E-state index contributed by atoms with van der Waals surface area (Å²) < 4.78 is 5.59. The number of methoxy groups -OCH3 is 1. The summed E-state index contributed by atoms with van der Waals surface area (Å²) in [5.41, 5.74) is 9.95. The highest BCUT2D eigenvalue weighted by molar-refractivity contribution is 5.99. The molecule has 8 heteroatoms. The van der Waals surface area contributed by atoms with E-state index in [4.69, 9.17) is 10.5 Å². The van der Waals surface area contributed by atoms with Gasteiger partial charge in [-0.05, 0) is 73.1 Å². The van der Waals surface area contributed by atoms with Crippen molar-refractivity contribution in [2.24, 2.45) is 5.41 Å². The van der Waals surface area contributed by atoms with E-state index < -0.39 is 11.3 Å². The average Bonchev–Trinajstić information content (AvgIpc) is 3.49. The molecule has 0 radical (unpaired) electrons. The minimum absolute atomic E-state index is 0.00234. The number of unbranched alkanes of at least 4 members (excludes halogenated alkanes) is 4. The Morgan fingerprint density at radius 3 is 2.62 bits per heavy atom. The summed E-state index contributed by atoms with van der Waals surface area (Å²) in [6.07, 6.45) is 11.8. The summed E-state index contributed by atoms with van der Waals surface area (Å²) in [6.45, 7) is 2.05. The zero-order chi connectivity index (χ0) is 30.1. The van der Waals surface area contributed by atoms with Crippen molar-refractivity contribution in [2.75, 3.05) is 19.5 Å². The quantitative estimate of drug-likeness (QED) is 0.125. The molecule has 5 N–H and O–H groups in total. The summed E-state index contributed by atoms with van der Waals surface area (Å²) in [7, 11) is 1.50. The molecule has 8 nitrogen and oxygen atoms in total. The molecule has 0 saturated heterocycles. The van der Waals surface area contributed by atoms with Crippen LogP contribution in [0.1, 0.15) is 98.6 Å². The maximum Gasteiger partial charge on any atom is 0.161 e. The number of anilines is 1. The number of fused-ring (bicyclic) bond motifs is 1. The number of aryl methyl sites for hydroxylation is 1. The van der Waals surface area contributed by atoms with Crippen LogP contribution in [0.25, 0.3) is 0 Å². The molecule has 0 fully saturated rings. The van der Waals surface area contributed by atoms with Gasteiger partial charge in [-0.1, -0.05) is 38.7 Å². The second-order valence-electron chi connectivity index (χ2n) is 11.7. The van der Waals surface area contributed by atoms with Crippen LogP contribution in [0.5, 0.6) is 11.5 Å². The van der Waals surface area contributed by atoms with E-state index in [0.717, 1.165) is 48.1 Å². The number of carbonyl (C=O) groups is 2. The number of aromatic amines is 1. The number of pyridine rings is 1. The Morgan fingerprint density at radius 2 is 1.90 bits per heavy atom. The van der Waals surface area contributed by atoms with Gasteiger partial charge in [0.15, 0.2) is 11.5 Å². The van der Waals surface area contributed by atoms with Gasteiger partial charge in [-0.25, -0.2) is 4.98 Å². The number of nitrogens with zero attached hydrogens (tertiary/aromatic N) is 1. The van der Waals surface area contributed by atoms with Crippen LogP contribution in [-0.4, -0.2) is 45.5 Å². The highest BCUT2D eigenvalue weighted by Gasteiger charge is 2.46. The number of carbonyl (C=O) groups excluding carboxylic acids is 2. The lowest BCUT2D eigenvalue weighted by molar-refractivity contribution is -0.127. The number of ketones is 2. The Hall–Kier alpha value is -3.65. The molecule has 0 saturated carbocycles. The number of aromatic nitrogens is 2. The number of aliphatic hydroxyl groups is 1. The van der Waals surface area contributed by atoms with Gasteiger partial charge in [0.25, 0.3) is 0 Å². The number of aliphatic hydroxyl groups excluding tert-OH is 1. The lowest BCUT2D eigenvalue weighted by Gasteiger charge is -2.45. The van der Waals surface area contributed by atoms with Crippen molar-refractivity contribution in [3.8, 4) is 11.5 Å². The van der Waals surface area contributed by atoms with E-state index in [1.165, 1.54) is 13.5 Å². The van der Waals surface area contributed by atoms with Gasteiger partial charge in [0, 0.05) is 54.4 Å². The molecule has 1 aromatic carbocycles. The molecular formula is C34H45N3O5. The molecular weight excluding hydrogens is 530 g/mol. The fourth-order valence-corrected chi connectivity index (χ4v) is 6.50. The molecule has 1 aliphatic carbocycles. The van der Waals surface area contributed by atoms with Crippen molar-refractivity contribution < 1.29 is 24.5 Å². The number of hydrogen-bond acceptors (Lipinski definition) is 7. The molecule has 2 atom stereocenters. The first-order valence-corrected chi connectivity index (χ1v) is 15.2. The van der Waals surface area contributed by atoms with Crippen LogP contribution < -0.4 is 10.5 Å². The van der Waals surface area contributed by atoms with Crippen molar-refractivity contribution in [3.05, 3.63) is 70.7 Å². The zero-order valence-electron chi connectivity index (χ0n) is 25.0. The van der Waals surface area contributed by atoms with Gasteiger partial charge < -0.3 is 25.7 Å². The Kier molecular flexibility index (Phi) is 10.8.